The lowest BCUT2D eigenvalue weighted by Gasteiger charge is -2.27. The maximum Gasteiger partial charge on any atom is 0.411 e. The molecule has 1 unspecified atom stereocenters. The number of aryl methyl sites for hydroxylation is 1. The molecule has 2 fully saturated rings. The molecule has 0 aliphatic carbocycles. The number of aromatic nitrogens is 2. The molecular weight excluding hydrogens is 672 g/mol. The number of hydrogen-bond donors (Lipinski definition) is 0. The van der Waals surface area contributed by atoms with Crippen molar-refractivity contribution in [3.05, 3.63) is 53.6 Å². The minimum atomic E-state index is -0.811. The molecule has 14 heteroatoms. The Kier molecular flexibility index (Phi) is 11.1. The Bertz CT molecular complexity index is 1870. The number of ether oxygens (including phenoxy) is 4. The number of Topliss-reactive ketones (excluding diaryl/α,β-unsaturated/α-hetero) is 2. The van der Waals surface area contributed by atoms with Gasteiger partial charge < -0.3 is 23.5 Å². The number of imidazole rings is 1. The van der Waals surface area contributed by atoms with Crippen LogP contribution in [0.1, 0.15) is 87.9 Å². The molecule has 0 N–H and O–H groups in total. The fourth-order valence-electron chi connectivity index (χ4n) is 6.17. The van der Waals surface area contributed by atoms with Gasteiger partial charge in [-0.25, -0.2) is 24.2 Å². The number of ketones is 2. The molecule has 0 spiro atoms. The summed E-state index contributed by atoms with van der Waals surface area (Å²) in [6.45, 7) is 10.3. The quantitative estimate of drug-likeness (QED) is 0.156. The van der Waals surface area contributed by atoms with E-state index in [0.717, 1.165) is 5.52 Å². The lowest BCUT2D eigenvalue weighted by molar-refractivity contribution is -0.148. The number of esters is 2. The van der Waals surface area contributed by atoms with Gasteiger partial charge in [-0.2, -0.15) is 0 Å². The van der Waals surface area contributed by atoms with E-state index in [1.165, 1.54) is 9.80 Å². The summed E-state index contributed by atoms with van der Waals surface area (Å²) in [7, 11) is 1.83. The van der Waals surface area contributed by atoms with Gasteiger partial charge in [0.2, 0.25) is 0 Å². The summed E-state index contributed by atoms with van der Waals surface area (Å²) in [5, 5.41) is 0. The van der Waals surface area contributed by atoms with Crippen molar-refractivity contribution in [2.45, 2.75) is 90.5 Å². The Balaban J connectivity index is 1.17. The first-order valence-corrected chi connectivity index (χ1v) is 17.4. The molecule has 3 heterocycles. The molecule has 0 saturated carbocycles. The van der Waals surface area contributed by atoms with E-state index in [-0.39, 0.29) is 0 Å². The minimum absolute atomic E-state index is 0.308. The fraction of sp³-hybridized carbons (Fsp3) is 0.500. The van der Waals surface area contributed by atoms with Gasteiger partial charge >= 0.3 is 24.1 Å². The normalized spacial score (nSPS) is 17.6. The van der Waals surface area contributed by atoms with Crippen LogP contribution in [-0.2, 0) is 35.6 Å². The number of carbonyl (C=O) groups excluding carboxylic acids is 6. The predicted octanol–water partition coefficient (Wildman–Crippen LogP) is 5.49. The van der Waals surface area contributed by atoms with Crippen LogP contribution in [-0.4, -0.2) is 105 Å². The van der Waals surface area contributed by atoms with Crippen molar-refractivity contribution in [2.75, 3.05) is 26.3 Å². The molecule has 3 aromatic rings. The van der Waals surface area contributed by atoms with Crippen molar-refractivity contribution >= 4 is 46.7 Å². The molecule has 5 rings (SSSR count). The third kappa shape index (κ3) is 8.96. The Morgan fingerprint density at radius 3 is 1.63 bits per heavy atom. The van der Waals surface area contributed by atoms with Gasteiger partial charge in [0, 0.05) is 36.8 Å². The zero-order valence-electron chi connectivity index (χ0n) is 30.7. The van der Waals surface area contributed by atoms with Crippen LogP contribution < -0.4 is 0 Å². The zero-order chi connectivity index (χ0) is 38.0. The third-order valence-corrected chi connectivity index (χ3v) is 8.66. The Hall–Kier alpha value is -5.27. The van der Waals surface area contributed by atoms with Crippen molar-refractivity contribution < 1.29 is 47.7 Å². The van der Waals surface area contributed by atoms with E-state index < -0.39 is 72.2 Å². The number of rotatable bonds is 9. The summed E-state index contributed by atoms with van der Waals surface area (Å²) in [6, 6.07) is 10.1. The molecule has 2 aromatic carbocycles. The second kappa shape index (κ2) is 15.1. The average molecular weight is 719 g/mol. The van der Waals surface area contributed by atoms with Crippen LogP contribution in [0, 0.1) is 0 Å². The molecular formula is C38H46N4O10. The Morgan fingerprint density at radius 1 is 0.692 bits per heavy atom. The standard InChI is InChI=1S/C38H46N4O10/c1-37(2,3)51-35(47)41-18-8-10-28(41)33(45)49-21-30(43)23-12-14-24(15-13-23)32-39-26-20-25(16-17-27(26)40(32)7)31(44)22-50-34(46)29-11-9-19-42(29)36(48)52-38(4,5)6/h12-17,20,28-29H,8-11,18-19,21-22H2,1-7H3/t28?,29-/m0/s1. The lowest BCUT2D eigenvalue weighted by atomic mass is 10.1. The van der Waals surface area contributed by atoms with E-state index in [4.69, 9.17) is 23.9 Å². The van der Waals surface area contributed by atoms with E-state index in [2.05, 4.69) is 0 Å². The number of nitrogens with zero attached hydrogens (tertiary/aromatic N) is 4. The SMILES string of the molecule is Cn1c(-c2ccc(C(=O)COC(=O)C3CCCN3C(=O)OC(C)(C)C)cc2)nc2cc(C(=O)COC(=O)[C@@H]3CCCN3C(=O)OC(C)(C)C)ccc21. The van der Waals surface area contributed by atoms with E-state index >= 15 is 0 Å². The highest BCUT2D eigenvalue weighted by Gasteiger charge is 2.39. The Morgan fingerprint density at radius 2 is 1.15 bits per heavy atom. The van der Waals surface area contributed by atoms with Crippen molar-refractivity contribution in [3.63, 3.8) is 0 Å². The van der Waals surface area contributed by atoms with Crippen molar-refractivity contribution in [1.29, 1.82) is 0 Å². The first-order chi connectivity index (χ1) is 24.4. The molecule has 0 bridgehead atoms. The monoisotopic (exact) mass is 718 g/mol. The number of fused-ring (bicyclic) bond motifs is 1. The summed E-state index contributed by atoms with van der Waals surface area (Å²) in [5.74, 6) is -1.54. The highest BCUT2D eigenvalue weighted by atomic mass is 16.6. The molecule has 2 amide bonds. The second-order valence-corrected chi connectivity index (χ2v) is 15.0. The molecule has 0 radical (unpaired) electrons. The van der Waals surface area contributed by atoms with Crippen LogP contribution in [0.25, 0.3) is 22.4 Å². The first kappa shape index (κ1) is 38.0. The molecule has 2 saturated heterocycles. The zero-order valence-corrected chi connectivity index (χ0v) is 30.7. The highest BCUT2D eigenvalue weighted by Crippen LogP contribution is 2.27. The van der Waals surface area contributed by atoms with E-state index in [9.17, 15) is 28.8 Å². The van der Waals surface area contributed by atoms with Crippen LogP contribution in [0.2, 0.25) is 0 Å². The second-order valence-electron chi connectivity index (χ2n) is 15.0. The predicted molar refractivity (Wildman–Crippen MR) is 189 cm³/mol. The largest absolute Gasteiger partial charge is 0.456 e. The number of carbonyl (C=O) groups is 6. The number of amides is 2. The van der Waals surface area contributed by atoms with Crippen LogP contribution in [0.4, 0.5) is 9.59 Å². The average Bonchev–Trinajstić information content (AvgIpc) is 3.84. The summed E-state index contributed by atoms with van der Waals surface area (Å²) < 4.78 is 23.3. The van der Waals surface area contributed by atoms with Gasteiger partial charge in [-0.15, -0.1) is 0 Å². The van der Waals surface area contributed by atoms with Crippen LogP contribution in [0.5, 0.6) is 0 Å². The van der Waals surface area contributed by atoms with E-state index in [0.29, 0.717) is 66.8 Å². The summed E-state index contributed by atoms with van der Waals surface area (Å²) in [6.07, 6.45) is 0.922. The van der Waals surface area contributed by atoms with Gasteiger partial charge in [-0.05, 0) is 85.4 Å². The molecule has 14 nitrogen and oxygen atoms in total. The van der Waals surface area contributed by atoms with Gasteiger partial charge in [0.05, 0.1) is 11.0 Å². The maximum absolute atomic E-state index is 13.0. The van der Waals surface area contributed by atoms with Gasteiger partial charge in [0.15, 0.2) is 24.8 Å². The Labute approximate surface area is 302 Å². The van der Waals surface area contributed by atoms with Crippen LogP contribution in [0.15, 0.2) is 42.5 Å². The summed E-state index contributed by atoms with van der Waals surface area (Å²) in [5.41, 5.74) is 1.23. The minimum Gasteiger partial charge on any atom is -0.456 e. The van der Waals surface area contributed by atoms with Crippen LogP contribution in [0.3, 0.4) is 0 Å². The molecule has 2 aliphatic heterocycles. The number of hydrogen-bond acceptors (Lipinski definition) is 11. The molecule has 2 aliphatic rings. The smallest absolute Gasteiger partial charge is 0.411 e. The van der Waals surface area contributed by atoms with Crippen molar-refractivity contribution in [2.24, 2.45) is 7.05 Å². The van der Waals surface area contributed by atoms with Crippen molar-refractivity contribution in [1.82, 2.24) is 19.4 Å². The summed E-state index contributed by atoms with van der Waals surface area (Å²) in [4.78, 5) is 84.1. The van der Waals surface area contributed by atoms with Gasteiger partial charge in [0.1, 0.15) is 29.1 Å². The van der Waals surface area contributed by atoms with Crippen molar-refractivity contribution in [3.8, 4) is 11.4 Å². The van der Waals surface area contributed by atoms with E-state index in [1.807, 2.05) is 11.6 Å². The number of benzene rings is 2. The molecule has 52 heavy (non-hydrogen) atoms. The molecule has 2 atom stereocenters. The maximum atomic E-state index is 13.0. The number of likely N-dealkylation sites (tertiary alicyclic amines) is 2. The topological polar surface area (TPSA) is 164 Å². The molecule has 278 valence electrons. The van der Waals surface area contributed by atoms with Gasteiger partial charge in [-0.3, -0.25) is 19.4 Å². The summed E-state index contributed by atoms with van der Waals surface area (Å²) >= 11 is 0. The fourth-order valence-corrected chi connectivity index (χ4v) is 6.17. The van der Waals surface area contributed by atoms with Gasteiger partial charge in [0.25, 0.3) is 0 Å². The molecule has 1 aromatic heterocycles. The first-order valence-electron chi connectivity index (χ1n) is 17.4. The lowest BCUT2D eigenvalue weighted by Crippen LogP contribution is -2.44. The highest BCUT2D eigenvalue weighted by molar-refractivity contribution is 6.01. The third-order valence-electron chi connectivity index (χ3n) is 8.66. The van der Waals surface area contributed by atoms with Crippen LogP contribution >= 0.6 is 0 Å². The van der Waals surface area contributed by atoms with Gasteiger partial charge in [-0.1, -0.05) is 24.3 Å². The van der Waals surface area contributed by atoms with E-state index in [1.54, 1.807) is 84.0 Å².